The van der Waals surface area contributed by atoms with Crippen molar-refractivity contribution in [1.82, 2.24) is 9.97 Å². The molecule has 2 unspecified atom stereocenters. The first-order valence-electron chi connectivity index (χ1n) is 10.1. The molecule has 144 valence electrons. The van der Waals surface area contributed by atoms with Gasteiger partial charge in [-0.05, 0) is 86.3 Å². The van der Waals surface area contributed by atoms with Crippen LogP contribution in [-0.2, 0) is 10.2 Å². The Balaban J connectivity index is 1.45. The maximum absolute atomic E-state index is 11.0. The molecule has 6 rings (SSSR count). The molecule has 4 aliphatic carbocycles. The summed E-state index contributed by atoms with van der Waals surface area (Å²) in [6.07, 6.45) is 6.99. The Morgan fingerprint density at radius 2 is 1.85 bits per heavy atom. The van der Waals surface area contributed by atoms with Crippen molar-refractivity contribution < 1.29 is 9.53 Å². The van der Waals surface area contributed by atoms with Crippen LogP contribution in [0.5, 0.6) is 0 Å². The molecule has 1 heterocycles. The molecule has 6 nitrogen and oxygen atoms in total. The SMILES string of the molecule is CC(OC(N)=O)C(N)c1nc2cc(C34CC5CC(CC(C5)C3)C4)ccc2[nH]1. The van der Waals surface area contributed by atoms with E-state index in [1.54, 1.807) is 6.92 Å². The van der Waals surface area contributed by atoms with E-state index < -0.39 is 18.2 Å². The van der Waals surface area contributed by atoms with E-state index in [2.05, 4.69) is 23.2 Å². The van der Waals surface area contributed by atoms with Crippen molar-refractivity contribution >= 4 is 17.1 Å². The van der Waals surface area contributed by atoms with Crippen LogP contribution in [0.2, 0.25) is 0 Å². The number of aromatic amines is 1. The van der Waals surface area contributed by atoms with E-state index in [0.29, 0.717) is 11.2 Å². The van der Waals surface area contributed by atoms with Crippen LogP contribution in [0.15, 0.2) is 18.2 Å². The summed E-state index contributed by atoms with van der Waals surface area (Å²) >= 11 is 0. The monoisotopic (exact) mass is 368 g/mol. The van der Waals surface area contributed by atoms with E-state index in [1.807, 2.05) is 0 Å². The van der Waals surface area contributed by atoms with E-state index in [-0.39, 0.29) is 0 Å². The highest BCUT2D eigenvalue weighted by Gasteiger charge is 2.51. The number of rotatable bonds is 4. The Hall–Kier alpha value is -2.08. The van der Waals surface area contributed by atoms with E-state index in [0.717, 1.165) is 28.8 Å². The molecule has 2 aromatic rings. The van der Waals surface area contributed by atoms with Crippen molar-refractivity contribution in [3.63, 3.8) is 0 Å². The zero-order valence-electron chi connectivity index (χ0n) is 15.8. The number of carbonyl (C=O) groups excluding carboxylic acids is 1. The Morgan fingerprint density at radius 1 is 1.22 bits per heavy atom. The molecule has 0 radical (unpaired) electrons. The van der Waals surface area contributed by atoms with Crippen molar-refractivity contribution in [2.75, 3.05) is 0 Å². The van der Waals surface area contributed by atoms with Crippen LogP contribution < -0.4 is 11.5 Å². The normalized spacial score (nSPS) is 33.9. The lowest BCUT2D eigenvalue weighted by Gasteiger charge is -2.57. The molecule has 4 bridgehead atoms. The number of ether oxygens (including phenoxy) is 1. The number of primary amides is 1. The molecule has 5 N–H and O–H groups in total. The maximum Gasteiger partial charge on any atom is 0.404 e. The van der Waals surface area contributed by atoms with Gasteiger partial charge < -0.3 is 21.2 Å². The number of hydrogen-bond acceptors (Lipinski definition) is 4. The van der Waals surface area contributed by atoms with Crippen LogP contribution in [0.3, 0.4) is 0 Å². The zero-order valence-corrected chi connectivity index (χ0v) is 15.8. The lowest BCUT2D eigenvalue weighted by Crippen LogP contribution is -2.48. The number of nitrogens with zero attached hydrogens (tertiary/aromatic N) is 1. The first-order chi connectivity index (χ1) is 12.9. The molecular weight excluding hydrogens is 340 g/mol. The molecule has 0 saturated heterocycles. The summed E-state index contributed by atoms with van der Waals surface area (Å²) in [4.78, 5) is 19.0. The van der Waals surface area contributed by atoms with Gasteiger partial charge in [-0.2, -0.15) is 0 Å². The topological polar surface area (TPSA) is 107 Å². The number of carbonyl (C=O) groups is 1. The second-order valence-electron chi connectivity index (χ2n) is 9.22. The van der Waals surface area contributed by atoms with Crippen LogP contribution in [0.1, 0.15) is 62.9 Å². The van der Waals surface area contributed by atoms with Gasteiger partial charge in [-0.25, -0.2) is 9.78 Å². The largest absolute Gasteiger partial charge is 0.445 e. The predicted octanol–water partition coefficient (Wildman–Crippen LogP) is 3.51. The first kappa shape index (κ1) is 17.0. The van der Waals surface area contributed by atoms with Crippen LogP contribution >= 0.6 is 0 Å². The molecule has 0 aliphatic heterocycles. The van der Waals surface area contributed by atoms with Gasteiger partial charge in [0.25, 0.3) is 0 Å². The Labute approximate surface area is 159 Å². The molecule has 6 heteroatoms. The molecule has 1 amide bonds. The minimum atomic E-state index is -0.821. The van der Waals surface area contributed by atoms with Crippen molar-refractivity contribution in [2.45, 2.75) is 63.0 Å². The van der Waals surface area contributed by atoms with Crippen molar-refractivity contribution in [3.8, 4) is 0 Å². The van der Waals surface area contributed by atoms with Gasteiger partial charge in [0.05, 0.1) is 11.0 Å². The Bertz CT molecular complexity index is 854. The maximum atomic E-state index is 11.0. The number of nitrogens with one attached hydrogen (secondary N) is 1. The third-order valence-corrected chi connectivity index (χ3v) is 7.28. The quantitative estimate of drug-likeness (QED) is 0.767. The first-order valence-corrected chi connectivity index (χ1v) is 10.1. The fourth-order valence-corrected chi connectivity index (χ4v) is 6.46. The summed E-state index contributed by atoms with van der Waals surface area (Å²) < 4.78 is 5.00. The number of H-pyrrole nitrogens is 1. The van der Waals surface area contributed by atoms with Gasteiger partial charge in [-0.1, -0.05) is 6.07 Å². The standard InChI is InChI=1S/C21H28N4O2/c1-11(27-20(23)26)18(22)19-24-16-3-2-15(7-17(16)25-19)21-8-12-4-13(9-21)6-14(5-12)10-21/h2-3,7,11-14,18H,4-6,8-10,22H2,1H3,(H2,23,26)(H,24,25). The van der Waals surface area contributed by atoms with Gasteiger partial charge in [0.2, 0.25) is 0 Å². The molecule has 1 aromatic carbocycles. The van der Waals surface area contributed by atoms with Crippen LogP contribution in [0.4, 0.5) is 4.79 Å². The number of benzene rings is 1. The predicted molar refractivity (Wildman–Crippen MR) is 103 cm³/mol. The smallest absolute Gasteiger partial charge is 0.404 e. The molecule has 4 saturated carbocycles. The molecule has 2 atom stereocenters. The molecule has 1 aromatic heterocycles. The summed E-state index contributed by atoms with van der Waals surface area (Å²) in [5.41, 5.74) is 15.0. The van der Waals surface area contributed by atoms with Crippen molar-refractivity contribution in [2.24, 2.45) is 29.2 Å². The highest BCUT2D eigenvalue weighted by atomic mass is 16.6. The summed E-state index contributed by atoms with van der Waals surface area (Å²) in [6, 6.07) is 6.14. The zero-order chi connectivity index (χ0) is 18.8. The molecule has 0 spiro atoms. The van der Waals surface area contributed by atoms with Crippen LogP contribution in [-0.4, -0.2) is 22.2 Å². The fourth-order valence-electron chi connectivity index (χ4n) is 6.46. The molecule has 27 heavy (non-hydrogen) atoms. The number of fused-ring (bicyclic) bond motifs is 1. The lowest BCUT2D eigenvalue weighted by molar-refractivity contribution is -0.00513. The Morgan fingerprint density at radius 3 is 2.44 bits per heavy atom. The minimum Gasteiger partial charge on any atom is -0.445 e. The van der Waals surface area contributed by atoms with E-state index in [1.165, 1.54) is 44.1 Å². The number of amides is 1. The van der Waals surface area contributed by atoms with Crippen LogP contribution in [0.25, 0.3) is 11.0 Å². The highest BCUT2D eigenvalue weighted by molar-refractivity contribution is 5.76. The van der Waals surface area contributed by atoms with Crippen molar-refractivity contribution in [3.05, 3.63) is 29.6 Å². The van der Waals surface area contributed by atoms with Gasteiger partial charge >= 0.3 is 6.09 Å². The fraction of sp³-hybridized carbons (Fsp3) is 0.619. The van der Waals surface area contributed by atoms with Gasteiger partial charge in [-0.15, -0.1) is 0 Å². The minimum absolute atomic E-state index is 0.354. The number of hydrogen-bond donors (Lipinski definition) is 3. The van der Waals surface area contributed by atoms with E-state index in [9.17, 15) is 4.79 Å². The molecular formula is C21H28N4O2. The van der Waals surface area contributed by atoms with Crippen LogP contribution in [0, 0.1) is 17.8 Å². The second-order valence-corrected chi connectivity index (χ2v) is 9.22. The molecule has 4 aliphatic rings. The summed E-state index contributed by atoms with van der Waals surface area (Å²) in [6.45, 7) is 1.73. The van der Waals surface area contributed by atoms with E-state index in [4.69, 9.17) is 21.2 Å². The van der Waals surface area contributed by atoms with E-state index >= 15 is 0 Å². The average Bonchev–Trinajstić information content (AvgIpc) is 3.02. The highest BCUT2D eigenvalue weighted by Crippen LogP contribution is 2.60. The third kappa shape index (κ3) is 2.81. The number of nitrogens with two attached hydrogens (primary N) is 2. The van der Waals surface area contributed by atoms with Gasteiger partial charge in [0, 0.05) is 0 Å². The summed E-state index contributed by atoms with van der Waals surface area (Å²) in [5, 5.41) is 0. The summed E-state index contributed by atoms with van der Waals surface area (Å²) in [7, 11) is 0. The molecule has 4 fully saturated rings. The number of imidazole rings is 1. The third-order valence-electron chi connectivity index (χ3n) is 7.28. The van der Waals surface area contributed by atoms with Gasteiger partial charge in [0.15, 0.2) is 0 Å². The Kier molecular flexibility index (Phi) is 3.76. The second kappa shape index (κ2) is 5.96. The van der Waals surface area contributed by atoms with Crippen molar-refractivity contribution in [1.29, 1.82) is 0 Å². The number of aromatic nitrogens is 2. The van der Waals surface area contributed by atoms with Gasteiger partial charge in [-0.3, -0.25) is 0 Å². The van der Waals surface area contributed by atoms with Gasteiger partial charge in [0.1, 0.15) is 18.0 Å². The summed E-state index contributed by atoms with van der Waals surface area (Å²) in [5.74, 6) is 3.38. The lowest BCUT2D eigenvalue weighted by atomic mass is 9.48. The average molecular weight is 368 g/mol.